The molecule has 2 N–H and O–H groups in total. The SMILES string of the molecule is B[C@@]1(O)C(=O)OCc2c1cc1n(c2=O)Cc2c-1nc1ccc(O)cc1c2CC. The Balaban J connectivity index is 1.84. The summed E-state index contributed by atoms with van der Waals surface area (Å²) in [5.41, 5.74) is 2.33. The van der Waals surface area contributed by atoms with Gasteiger partial charge in [-0.05, 0) is 41.8 Å². The number of cyclic esters (lactones) is 1. The lowest BCUT2D eigenvalue weighted by Gasteiger charge is -2.29. The fourth-order valence-corrected chi connectivity index (χ4v) is 4.31. The van der Waals surface area contributed by atoms with Crippen molar-refractivity contribution in [1.29, 1.82) is 0 Å². The van der Waals surface area contributed by atoms with Gasteiger partial charge in [0.1, 0.15) is 17.9 Å². The molecule has 0 radical (unpaired) electrons. The highest BCUT2D eigenvalue weighted by atomic mass is 16.6. The lowest BCUT2D eigenvalue weighted by atomic mass is 9.73. The molecule has 3 aromatic rings. The number of hydrogen-bond acceptors (Lipinski definition) is 6. The monoisotopic (exact) mass is 376 g/mol. The zero-order valence-corrected chi connectivity index (χ0v) is 15.4. The molecular weight excluding hydrogens is 359 g/mol. The number of aromatic hydroxyl groups is 1. The maximum absolute atomic E-state index is 13.1. The van der Waals surface area contributed by atoms with Crippen molar-refractivity contribution in [3.63, 3.8) is 0 Å². The van der Waals surface area contributed by atoms with Gasteiger partial charge >= 0.3 is 5.97 Å². The Bertz CT molecular complexity index is 1260. The van der Waals surface area contributed by atoms with E-state index in [2.05, 4.69) is 0 Å². The summed E-state index contributed by atoms with van der Waals surface area (Å²) in [5, 5.41) is 21.4. The van der Waals surface area contributed by atoms with E-state index in [1.54, 1.807) is 28.8 Å². The van der Waals surface area contributed by atoms with Gasteiger partial charge in [-0.2, -0.15) is 0 Å². The minimum atomic E-state index is -1.87. The highest BCUT2D eigenvalue weighted by Crippen LogP contribution is 2.39. The molecule has 0 saturated heterocycles. The number of ether oxygens (including phenoxy) is 1. The molecule has 1 atom stereocenters. The zero-order valence-electron chi connectivity index (χ0n) is 15.4. The van der Waals surface area contributed by atoms with Gasteiger partial charge in [-0.15, -0.1) is 0 Å². The second kappa shape index (κ2) is 5.45. The van der Waals surface area contributed by atoms with Crippen molar-refractivity contribution in [2.75, 3.05) is 0 Å². The first-order chi connectivity index (χ1) is 13.3. The fourth-order valence-electron chi connectivity index (χ4n) is 4.31. The molecular formula is C20H17BN2O5. The smallest absolute Gasteiger partial charge is 0.333 e. The van der Waals surface area contributed by atoms with Crippen LogP contribution in [-0.4, -0.2) is 33.6 Å². The van der Waals surface area contributed by atoms with Crippen LogP contribution in [0.25, 0.3) is 22.3 Å². The summed E-state index contributed by atoms with van der Waals surface area (Å²) in [6.45, 7) is 2.23. The van der Waals surface area contributed by atoms with E-state index in [1.807, 2.05) is 6.92 Å². The number of carbonyl (C=O) groups is 1. The van der Waals surface area contributed by atoms with Crippen LogP contribution in [0.4, 0.5) is 0 Å². The molecule has 140 valence electrons. The average molecular weight is 376 g/mol. The summed E-state index contributed by atoms with van der Waals surface area (Å²) in [6, 6.07) is 6.70. The van der Waals surface area contributed by atoms with Gasteiger partial charge in [0.2, 0.25) is 0 Å². The van der Waals surface area contributed by atoms with Crippen molar-refractivity contribution in [3.05, 3.63) is 56.9 Å². The number of esters is 1. The molecule has 7 nitrogen and oxygen atoms in total. The second-order valence-electron chi connectivity index (χ2n) is 7.43. The highest BCUT2D eigenvalue weighted by Gasteiger charge is 2.42. The number of rotatable bonds is 1. The Kier molecular flexibility index (Phi) is 3.31. The number of hydrogen-bond donors (Lipinski definition) is 2. The Labute approximate surface area is 160 Å². The largest absolute Gasteiger partial charge is 0.508 e. The van der Waals surface area contributed by atoms with Gasteiger partial charge in [-0.3, -0.25) is 4.79 Å². The number of phenols is 1. The van der Waals surface area contributed by atoms with E-state index in [0.29, 0.717) is 29.9 Å². The van der Waals surface area contributed by atoms with Crippen molar-refractivity contribution in [2.24, 2.45) is 0 Å². The van der Waals surface area contributed by atoms with Crippen LogP contribution in [0.5, 0.6) is 5.75 Å². The molecule has 2 aliphatic rings. The molecule has 0 amide bonds. The number of fused-ring (bicyclic) bond motifs is 5. The maximum atomic E-state index is 13.1. The predicted molar refractivity (Wildman–Crippen MR) is 104 cm³/mol. The average Bonchev–Trinajstić information content (AvgIpc) is 3.02. The van der Waals surface area contributed by atoms with E-state index < -0.39 is 11.5 Å². The minimum absolute atomic E-state index is 0.149. The van der Waals surface area contributed by atoms with Crippen molar-refractivity contribution < 1.29 is 19.7 Å². The summed E-state index contributed by atoms with van der Waals surface area (Å²) >= 11 is 0. The van der Waals surface area contributed by atoms with E-state index >= 15 is 0 Å². The Morgan fingerprint density at radius 3 is 2.82 bits per heavy atom. The summed E-state index contributed by atoms with van der Waals surface area (Å²) in [7, 11) is 1.34. The van der Waals surface area contributed by atoms with Crippen LogP contribution in [0.2, 0.25) is 0 Å². The molecule has 2 aromatic heterocycles. The van der Waals surface area contributed by atoms with Crippen LogP contribution in [0.3, 0.4) is 0 Å². The van der Waals surface area contributed by atoms with E-state index in [-0.39, 0.29) is 23.5 Å². The lowest BCUT2D eigenvalue weighted by molar-refractivity contribution is -0.162. The molecule has 0 spiro atoms. The summed E-state index contributed by atoms with van der Waals surface area (Å²) in [6.07, 6.45) is 0.715. The van der Waals surface area contributed by atoms with Gasteiger partial charge in [0, 0.05) is 10.9 Å². The summed E-state index contributed by atoms with van der Waals surface area (Å²) < 4.78 is 6.63. The number of nitrogens with zero attached hydrogens (tertiary/aromatic N) is 2. The number of aromatic nitrogens is 2. The highest BCUT2D eigenvalue weighted by molar-refractivity contribution is 6.26. The number of aryl methyl sites for hydroxylation is 1. The Morgan fingerprint density at radius 1 is 1.29 bits per heavy atom. The van der Waals surface area contributed by atoms with E-state index in [4.69, 9.17) is 9.72 Å². The first-order valence-electron chi connectivity index (χ1n) is 9.14. The molecule has 0 fully saturated rings. The van der Waals surface area contributed by atoms with Crippen LogP contribution in [0, 0.1) is 0 Å². The van der Waals surface area contributed by atoms with E-state index in [1.165, 1.54) is 7.85 Å². The van der Waals surface area contributed by atoms with E-state index in [9.17, 15) is 19.8 Å². The molecule has 1 aromatic carbocycles. The number of aliphatic hydroxyl groups is 1. The number of pyridine rings is 2. The molecule has 0 aliphatic carbocycles. The van der Waals surface area contributed by atoms with Crippen molar-refractivity contribution in [2.45, 2.75) is 32.0 Å². The summed E-state index contributed by atoms with van der Waals surface area (Å²) in [4.78, 5) is 29.9. The maximum Gasteiger partial charge on any atom is 0.333 e. The molecule has 8 heteroatoms. The first kappa shape index (κ1) is 17.0. The van der Waals surface area contributed by atoms with Crippen LogP contribution < -0.4 is 5.56 Å². The van der Waals surface area contributed by atoms with Gasteiger partial charge in [-0.1, -0.05) is 6.92 Å². The number of phenolic OH excluding ortho intramolecular Hbond substituents is 1. The van der Waals surface area contributed by atoms with Crippen molar-refractivity contribution >= 4 is 24.7 Å². The third-order valence-electron chi connectivity index (χ3n) is 5.77. The number of benzene rings is 1. The van der Waals surface area contributed by atoms with Gasteiger partial charge in [0.25, 0.3) is 5.56 Å². The van der Waals surface area contributed by atoms with Crippen LogP contribution in [0.1, 0.15) is 29.2 Å². The van der Waals surface area contributed by atoms with Crippen molar-refractivity contribution in [3.8, 4) is 17.1 Å². The minimum Gasteiger partial charge on any atom is -0.508 e. The topological polar surface area (TPSA) is 102 Å². The van der Waals surface area contributed by atoms with Crippen LogP contribution >= 0.6 is 0 Å². The van der Waals surface area contributed by atoms with Crippen LogP contribution in [0.15, 0.2) is 29.1 Å². The first-order valence-corrected chi connectivity index (χ1v) is 9.14. The Morgan fingerprint density at radius 2 is 2.07 bits per heavy atom. The normalized spacial score (nSPS) is 19.9. The summed E-state index contributed by atoms with van der Waals surface area (Å²) in [5.74, 6) is -0.599. The third kappa shape index (κ3) is 2.06. The quantitative estimate of drug-likeness (QED) is 0.371. The fraction of sp³-hybridized carbons (Fsp3) is 0.250. The van der Waals surface area contributed by atoms with Gasteiger partial charge in [-0.25, -0.2) is 9.78 Å². The van der Waals surface area contributed by atoms with E-state index in [0.717, 1.165) is 22.0 Å². The molecule has 0 unspecified atom stereocenters. The molecule has 5 rings (SSSR count). The van der Waals surface area contributed by atoms with Gasteiger partial charge < -0.3 is 19.5 Å². The second-order valence-corrected chi connectivity index (χ2v) is 7.43. The van der Waals surface area contributed by atoms with Crippen molar-refractivity contribution in [1.82, 2.24) is 9.55 Å². The third-order valence-corrected chi connectivity index (χ3v) is 5.77. The molecule has 4 heterocycles. The zero-order chi connectivity index (χ0) is 19.8. The molecule has 28 heavy (non-hydrogen) atoms. The van der Waals surface area contributed by atoms with Crippen LogP contribution in [-0.2, 0) is 34.6 Å². The van der Waals surface area contributed by atoms with Gasteiger partial charge in [0.05, 0.1) is 29.0 Å². The Hall–Kier alpha value is -3.13. The molecule has 0 saturated carbocycles. The lowest BCUT2D eigenvalue weighted by Crippen LogP contribution is -2.45. The molecule has 2 aliphatic heterocycles. The molecule has 0 bridgehead atoms. The predicted octanol–water partition coefficient (Wildman–Crippen LogP) is 0.528. The number of carbonyl (C=O) groups excluding carboxylic acids is 1. The standard InChI is InChI=1S/C20H17BN2O5/c1-2-10-11-5-9(24)3-4-15(11)22-17-12(10)7-23-16(17)6-14-13(18(23)25)8-28-19(26)20(14,21)27/h3-6,24,27H,2,7-8,21H2,1H3/t20-/m0/s1. The van der Waals surface area contributed by atoms with Gasteiger partial charge in [0.15, 0.2) is 7.85 Å².